The van der Waals surface area contributed by atoms with E-state index in [1.807, 2.05) is 6.92 Å². The molecule has 4 nitrogen and oxygen atoms in total. The third kappa shape index (κ3) is 2.03. The lowest BCUT2D eigenvalue weighted by atomic mass is 10.3. The average molecular weight is 226 g/mol. The van der Waals surface area contributed by atoms with Crippen LogP contribution in [0, 0.1) is 6.92 Å². The van der Waals surface area contributed by atoms with Crippen LogP contribution in [0.15, 0.2) is 0 Å². The van der Waals surface area contributed by atoms with Gasteiger partial charge < -0.3 is 9.64 Å². The molecule has 1 aromatic heterocycles. The van der Waals surface area contributed by atoms with Crippen molar-refractivity contribution >= 4 is 22.8 Å². The number of aromatic nitrogens is 1. The van der Waals surface area contributed by atoms with E-state index >= 15 is 0 Å². The Hall–Kier alpha value is -0.940. The smallest absolute Gasteiger partial charge is 0.186 e. The molecule has 0 bridgehead atoms. The molecular formula is C10H14N2O2S. The lowest BCUT2D eigenvalue weighted by molar-refractivity contribution is 0.0989. The minimum absolute atomic E-state index is 0.337. The van der Waals surface area contributed by atoms with Crippen molar-refractivity contribution in [3.8, 4) is 0 Å². The summed E-state index contributed by atoms with van der Waals surface area (Å²) in [5.74, 6) is 0. The Balaban J connectivity index is 2.23. The van der Waals surface area contributed by atoms with Crippen molar-refractivity contribution in [1.82, 2.24) is 4.98 Å². The van der Waals surface area contributed by atoms with Crippen molar-refractivity contribution in [3.63, 3.8) is 0 Å². The highest BCUT2D eigenvalue weighted by Gasteiger charge is 2.22. The second-order valence-electron chi connectivity index (χ2n) is 3.68. The Labute approximate surface area is 92.9 Å². The van der Waals surface area contributed by atoms with Gasteiger partial charge in [-0.3, -0.25) is 4.79 Å². The number of carbonyl (C=O) groups excluding carboxylic acids is 1. The van der Waals surface area contributed by atoms with Crippen molar-refractivity contribution < 1.29 is 9.53 Å². The molecule has 1 aromatic rings. The minimum Gasteiger partial charge on any atom is -0.377 e. The van der Waals surface area contributed by atoms with Crippen molar-refractivity contribution in [2.24, 2.45) is 0 Å². The van der Waals surface area contributed by atoms with Gasteiger partial charge in [-0.2, -0.15) is 0 Å². The molecule has 0 aromatic carbocycles. The summed E-state index contributed by atoms with van der Waals surface area (Å²) in [6.45, 7) is 6.30. The number of rotatable bonds is 2. The van der Waals surface area contributed by atoms with Gasteiger partial charge in [-0.1, -0.05) is 11.3 Å². The summed E-state index contributed by atoms with van der Waals surface area (Å²) in [7, 11) is 0. The molecule has 2 heterocycles. The largest absolute Gasteiger partial charge is 0.377 e. The summed E-state index contributed by atoms with van der Waals surface area (Å²) in [6, 6.07) is 0.337. The molecule has 1 unspecified atom stereocenters. The van der Waals surface area contributed by atoms with Gasteiger partial charge in [0.15, 0.2) is 11.4 Å². The molecule has 1 aliphatic rings. The number of thiazole rings is 1. The number of hydrogen-bond acceptors (Lipinski definition) is 5. The highest BCUT2D eigenvalue weighted by Crippen LogP contribution is 2.27. The highest BCUT2D eigenvalue weighted by molar-refractivity contribution is 7.17. The maximum absolute atomic E-state index is 10.7. The predicted octanol–water partition coefficient (Wildman–Crippen LogP) is 1.49. The topological polar surface area (TPSA) is 42.4 Å². The van der Waals surface area contributed by atoms with Crippen LogP contribution in [0.25, 0.3) is 0 Å². The molecule has 1 aliphatic heterocycles. The van der Waals surface area contributed by atoms with Crippen LogP contribution in [0.3, 0.4) is 0 Å². The first-order chi connectivity index (χ1) is 7.22. The summed E-state index contributed by atoms with van der Waals surface area (Å²) < 4.78 is 5.36. The van der Waals surface area contributed by atoms with Gasteiger partial charge in [0.2, 0.25) is 0 Å². The molecule has 2 rings (SSSR count). The van der Waals surface area contributed by atoms with Crippen LogP contribution in [0.2, 0.25) is 0 Å². The Morgan fingerprint density at radius 2 is 2.47 bits per heavy atom. The molecule has 0 spiro atoms. The molecule has 0 saturated carbocycles. The Morgan fingerprint density at radius 3 is 3.07 bits per heavy atom. The van der Waals surface area contributed by atoms with Gasteiger partial charge in [-0.05, 0) is 13.8 Å². The fourth-order valence-electron chi connectivity index (χ4n) is 1.64. The first kappa shape index (κ1) is 10.6. The summed E-state index contributed by atoms with van der Waals surface area (Å²) in [5, 5.41) is 0.936. The van der Waals surface area contributed by atoms with Crippen molar-refractivity contribution in [1.29, 1.82) is 0 Å². The lowest BCUT2D eigenvalue weighted by Crippen LogP contribution is -2.43. The van der Waals surface area contributed by atoms with Gasteiger partial charge in [0.05, 0.1) is 29.8 Å². The number of anilines is 1. The maximum Gasteiger partial charge on any atom is 0.186 e. The zero-order valence-corrected chi connectivity index (χ0v) is 9.71. The van der Waals surface area contributed by atoms with Gasteiger partial charge in [-0.25, -0.2) is 4.98 Å². The van der Waals surface area contributed by atoms with E-state index in [0.717, 1.165) is 41.7 Å². The molecule has 1 saturated heterocycles. The van der Waals surface area contributed by atoms with Crippen molar-refractivity contribution in [2.45, 2.75) is 19.9 Å². The molecule has 0 aliphatic carbocycles. The molecule has 15 heavy (non-hydrogen) atoms. The second kappa shape index (κ2) is 4.28. The third-order valence-electron chi connectivity index (χ3n) is 2.54. The average Bonchev–Trinajstić information content (AvgIpc) is 2.60. The quantitative estimate of drug-likeness (QED) is 0.716. The molecule has 5 heteroatoms. The number of aldehydes is 1. The number of ether oxygens (including phenoxy) is 1. The molecule has 0 N–H and O–H groups in total. The Bertz CT molecular complexity index is 364. The molecule has 0 amide bonds. The Morgan fingerprint density at radius 1 is 1.67 bits per heavy atom. The SMILES string of the molecule is Cc1nc(N2CCOCC2C)sc1C=O. The second-order valence-corrected chi connectivity index (χ2v) is 4.69. The third-order valence-corrected chi connectivity index (χ3v) is 3.66. The molecule has 82 valence electrons. The molecule has 1 fully saturated rings. The van der Waals surface area contributed by atoms with E-state index in [4.69, 9.17) is 4.74 Å². The van der Waals surface area contributed by atoms with E-state index in [1.54, 1.807) is 0 Å². The Kier molecular flexibility index (Phi) is 3.02. The fraction of sp³-hybridized carbons (Fsp3) is 0.600. The van der Waals surface area contributed by atoms with Crippen LogP contribution in [0.4, 0.5) is 5.13 Å². The predicted molar refractivity (Wildman–Crippen MR) is 59.9 cm³/mol. The first-order valence-corrected chi connectivity index (χ1v) is 5.81. The first-order valence-electron chi connectivity index (χ1n) is 4.99. The van der Waals surface area contributed by atoms with Gasteiger partial charge in [0.1, 0.15) is 0 Å². The van der Waals surface area contributed by atoms with Crippen molar-refractivity contribution in [2.75, 3.05) is 24.7 Å². The summed E-state index contributed by atoms with van der Waals surface area (Å²) in [6.07, 6.45) is 0.877. The van der Waals surface area contributed by atoms with E-state index in [9.17, 15) is 4.79 Å². The van der Waals surface area contributed by atoms with Crippen LogP contribution in [0.5, 0.6) is 0 Å². The van der Waals surface area contributed by atoms with E-state index < -0.39 is 0 Å². The maximum atomic E-state index is 10.7. The van der Waals surface area contributed by atoms with E-state index in [2.05, 4.69) is 16.8 Å². The normalized spacial score (nSPS) is 21.7. The highest BCUT2D eigenvalue weighted by atomic mass is 32.1. The number of morpholine rings is 1. The molecule has 0 radical (unpaired) electrons. The monoisotopic (exact) mass is 226 g/mol. The van der Waals surface area contributed by atoms with Crippen LogP contribution in [-0.4, -0.2) is 37.1 Å². The summed E-state index contributed by atoms with van der Waals surface area (Å²) >= 11 is 1.46. The summed E-state index contributed by atoms with van der Waals surface area (Å²) in [4.78, 5) is 18.1. The van der Waals surface area contributed by atoms with Gasteiger partial charge in [0, 0.05) is 6.54 Å². The fourth-order valence-corrected chi connectivity index (χ4v) is 2.65. The summed E-state index contributed by atoms with van der Waals surface area (Å²) in [5.41, 5.74) is 0.823. The van der Waals surface area contributed by atoms with Gasteiger partial charge in [0.25, 0.3) is 0 Å². The van der Waals surface area contributed by atoms with Crippen molar-refractivity contribution in [3.05, 3.63) is 10.6 Å². The van der Waals surface area contributed by atoms with Gasteiger partial charge >= 0.3 is 0 Å². The number of carbonyl (C=O) groups is 1. The van der Waals surface area contributed by atoms with Crippen LogP contribution in [-0.2, 0) is 4.74 Å². The van der Waals surface area contributed by atoms with Gasteiger partial charge in [-0.15, -0.1) is 0 Å². The number of hydrogen-bond donors (Lipinski definition) is 0. The van der Waals surface area contributed by atoms with E-state index in [1.165, 1.54) is 11.3 Å². The van der Waals surface area contributed by atoms with E-state index in [0.29, 0.717) is 6.04 Å². The van der Waals surface area contributed by atoms with E-state index in [-0.39, 0.29) is 0 Å². The standard InChI is InChI=1S/C10H14N2O2S/c1-7-6-14-4-3-12(7)10-11-8(2)9(5-13)15-10/h5,7H,3-4,6H2,1-2H3. The van der Waals surface area contributed by atoms with Crippen LogP contribution >= 0.6 is 11.3 Å². The molecule has 1 atom stereocenters. The minimum atomic E-state index is 0.337. The zero-order chi connectivity index (χ0) is 10.8. The van der Waals surface area contributed by atoms with Crippen LogP contribution in [0.1, 0.15) is 22.3 Å². The number of aryl methyl sites for hydroxylation is 1. The number of nitrogens with zero attached hydrogens (tertiary/aromatic N) is 2. The van der Waals surface area contributed by atoms with Crippen LogP contribution < -0.4 is 4.90 Å². The molecular weight excluding hydrogens is 212 g/mol. The zero-order valence-electron chi connectivity index (χ0n) is 8.90. The lowest BCUT2D eigenvalue weighted by Gasteiger charge is -2.32.